The molecule has 0 radical (unpaired) electrons. The first kappa shape index (κ1) is 17.6. The number of rotatable bonds is 6. The summed E-state index contributed by atoms with van der Waals surface area (Å²) in [5, 5.41) is 4.18. The van der Waals surface area contributed by atoms with E-state index in [-0.39, 0.29) is 11.7 Å². The lowest BCUT2D eigenvalue weighted by Gasteiger charge is -2.50. The molecule has 2 aliphatic rings. The third-order valence-corrected chi connectivity index (χ3v) is 8.16. The molecule has 0 aliphatic carbocycles. The van der Waals surface area contributed by atoms with E-state index < -0.39 is 14.6 Å². The summed E-state index contributed by atoms with van der Waals surface area (Å²) in [5.41, 5.74) is 2.12. The van der Waals surface area contributed by atoms with E-state index in [0.29, 0.717) is 32.7 Å². The van der Waals surface area contributed by atoms with Crippen molar-refractivity contribution in [3.05, 3.63) is 48.0 Å². The Balaban J connectivity index is 1.37. The Morgan fingerprint density at radius 2 is 2.15 bits per heavy atom. The fourth-order valence-electron chi connectivity index (χ4n) is 4.14. The smallest absolute Gasteiger partial charge is 0.158 e. The van der Waals surface area contributed by atoms with E-state index >= 15 is 0 Å². The van der Waals surface area contributed by atoms with E-state index in [1.807, 2.05) is 31.6 Å². The summed E-state index contributed by atoms with van der Waals surface area (Å²) in [6.07, 6.45) is 8.01. The summed E-state index contributed by atoms with van der Waals surface area (Å²) >= 11 is 0. The number of pyridine rings is 1. The van der Waals surface area contributed by atoms with Crippen LogP contribution in [-0.2, 0) is 34.8 Å². The highest BCUT2D eigenvalue weighted by Crippen LogP contribution is 2.45. The average Bonchev–Trinajstić information content (AvgIpc) is 3.10. The van der Waals surface area contributed by atoms with Crippen molar-refractivity contribution in [3.63, 3.8) is 0 Å². The molecule has 4 rings (SSSR count). The normalized spacial score (nSPS) is 24.0. The van der Waals surface area contributed by atoms with Gasteiger partial charge in [0.2, 0.25) is 0 Å². The first-order valence-electron chi connectivity index (χ1n) is 8.87. The second-order valence-corrected chi connectivity index (χ2v) is 9.86. The van der Waals surface area contributed by atoms with Crippen LogP contribution in [0.2, 0.25) is 0 Å². The van der Waals surface area contributed by atoms with Gasteiger partial charge in [0.1, 0.15) is 4.75 Å². The minimum atomic E-state index is -3.07. The zero-order valence-electron chi connectivity index (χ0n) is 14.9. The van der Waals surface area contributed by atoms with Crippen molar-refractivity contribution in [2.45, 2.75) is 24.3 Å². The highest BCUT2D eigenvalue weighted by Gasteiger charge is 2.61. The SMILES string of the molecule is Cn1cc(CN2CC3(C2)C(COCc2cccnc2)CCS3(=O)=O)cn1. The van der Waals surface area contributed by atoms with Gasteiger partial charge in [0.15, 0.2) is 9.84 Å². The van der Waals surface area contributed by atoms with E-state index in [9.17, 15) is 8.42 Å². The van der Waals surface area contributed by atoms with Gasteiger partial charge in [0.05, 0.1) is 25.2 Å². The Kier molecular flexibility index (Phi) is 4.58. The molecule has 0 amide bonds. The minimum Gasteiger partial charge on any atom is -0.376 e. The molecule has 0 aromatic carbocycles. The van der Waals surface area contributed by atoms with Gasteiger partial charge < -0.3 is 4.74 Å². The summed E-state index contributed by atoms with van der Waals surface area (Å²) in [6.45, 7) is 2.87. The van der Waals surface area contributed by atoms with Crippen LogP contribution in [0.25, 0.3) is 0 Å². The van der Waals surface area contributed by atoms with Crippen LogP contribution in [0.5, 0.6) is 0 Å². The highest BCUT2D eigenvalue weighted by atomic mass is 32.2. The Hall–Kier alpha value is -1.77. The van der Waals surface area contributed by atoms with Gasteiger partial charge in [-0.25, -0.2) is 8.42 Å². The minimum absolute atomic E-state index is 0.0642. The van der Waals surface area contributed by atoms with Crippen molar-refractivity contribution in [2.75, 3.05) is 25.4 Å². The van der Waals surface area contributed by atoms with Gasteiger partial charge in [-0.2, -0.15) is 5.10 Å². The fourth-order valence-corrected chi connectivity index (χ4v) is 6.60. The molecule has 2 aliphatic heterocycles. The first-order chi connectivity index (χ1) is 12.5. The molecular weight excluding hydrogens is 352 g/mol. The molecule has 1 atom stereocenters. The number of sulfone groups is 1. The Bertz CT molecular complexity index is 860. The summed E-state index contributed by atoms with van der Waals surface area (Å²) in [4.78, 5) is 6.26. The zero-order valence-corrected chi connectivity index (χ0v) is 15.7. The van der Waals surface area contributed by atoms with Crippen LogP contribution < -0.4 is 0 Å². The summed E-state index contributed by atoms with van der Waals surface area (Å²) in [5.74, 6) is 0.337. The monoisotopic (exact) mass is 376 g/mol. The summed E-state index contributed by atoms with van der Waals surface area (Å²) in [6, 6.07) is 3.84. The lowest BCUT2D eigenvalue weighted by Crippen LogP contribution is -2.67. The van der Waals surface area contributed by atoms with E-state index in [2.05, 4.69) is 15.0 Å². The Morgan fingerprint density at radius 3 is 2.85 bits per heavy atom. The summed E-state index contributed by atoms with van der Waals surface area (Å²) < 4.78 is 32.4. The number of hydrogen-bond acceptors (Lipinski definition) is 6. The first-order valence-corrected chi connectivity index (χ1v) is 10.5. The van der Waals surface area contributed by atoms with Gasteiger partial charge >= 0.3 is 0 Å². The predicted octanol–water partition coefficient (Wildman–Crippen LogP) is 1.02. The van der Waals surface area contributed by atoms with Gasteiger partial charge in [-0.1, -0.05) is 6.07 Å². The van der Waals surface area contributed by atoms with Gasteiger partial charge in [-0.15, -0.1) is 0 Å². The second kappa shape index (κ2) is 6.75. The molecule has 2 fully saturated rings. The van der Waals surface area contributed by atoms with Crippen LogP contribution in [0.3, 0.4) is 0 Å². The largest absolute Gasteiger partial charge is 0.376 e. The molecule has 2 aromatic heterocycles. The molecule has 1 unspecified atom stereocenters. The van der Waals surface area contributed by atoms with E-state index in [4.69, 9.17) is 4.74 Å². The quantitative estimate of drug-likeness (QED) is 0.749. The Morgan fingerprint density at radius 1 is 1.31 bits per heavy atom. The van der Waals surface area contributed by atoms with Crippen LogP contribution in [0.15, 0.2) is 36.9 Å². The molecular formula is C18H24N4O3S. The van der Waals surface area contributed by atoms with Crippen LogP contribution in [0, 0.1) is 5.92 Å². The highest BCUT2D eigenvalue weighted by molar-refractivity contribution is 7.93. The number of aryl methyl sites for hydroxylation is 1. The number of nitrogens with zero attached hydrogens (tertiary/aromatic N) is 4. The molecule has 1 spiro atoms. The predicted molar refractivity (Wildman–Crippen MR) is 97.0 cm³/mol. The lowest BCUT2D eigenvalue weighted by atomic mass is 9.83. The second-order valence-electron chi connectivity index (χ2n) is 7.41. The molecule has 2 aromatic rings. The van der Waals surface area contributed by atoms with Crippen molar-refractivity contribution < 1.29 is 13.2 Å². The number of aromatic nitrogens is 3. The van der Waals surface area contributed by atoms with E-state index in [1.54, 1.807) is 17.1 Å². The standard InChI is InChI=1S/C18H24N4O3S/c1-21-9-16(8-20-21)10-22-13-18(14-22)17(4-6-26(18,23)24)12-25-11-15-3-2-5-19-7-15/h2-3,5,7-9,17H,4,6,10-14H2,1H3. The molecule has 140 valence electrons. The van der Waals surface area contributed by atoms with Gasteiger partial charge in [-0.05, 0) is 18.1 Å². The fraction of sp³-hybridized carbons (Fsp3) is 0.556. The lowest BCUT2D eigenvalue weighted by molar-refractivity contribution is 0.0200. The molecule has 26 heavy (non-hydrogen) atoms. The van der Waals surface area contributed by atoms with Crippen molar-refractivity contribution in [3.8, 4) is 0 Å². The summed E-state index contributed by atoms with van der Waals surface area (Å²) in [7, 11) is -1.18. The maximum Gasteiger partial charge on any atom is 0.158 e. The number of likely N-dealkylation sites (tertiary alicyclic amines) is 1. The molecule has 0 saturated carbocycles. The van der Waals surface area contributed by atoms with Gasteiger partial charge in [-0.3, -0.25) is 14.6 Å². The van der Waals surface area contributed by atoms with Crippen molar-refractivity contribution in [2.24, 2.45) is 13.0 Å². The Labute approximate surface area is 153 Å². The van der Waals surface area contributed by atoms with E-state index in [0.717, 1.165) is 17.7 Å². The van der Waals surface area contributed by atoms with Crippen molar-refractivity contribution >= 4 is 9.84 Å². The van der Waals surface area contributed by atoms with Crippen LogP contribution in [0.4, 0.5) is 0 Å². The molecule has 8 heteroatoms. The zero-order chi connectivity index (χ0) is 18.2. The maximum absolute atomic E-state index is 12.7. The van der Waals surface area contributed by atoms with Gasteiger partial charge in [0.25, 0.3) is 0 Å². The third-order valence-electron chi connectivity index (χ3n) is 5.56. The molecule has 0 bridgehead atoms. The molecule has 2 saturated heterocycles. The number of ether oxygens (including phenoxy) is 1. The number of hydrogen-bond donors (Lipinski definition) is 0. The van der Waals surface area contributed by atoms with E-state index in [1.165, 1.54) is 0 Å². The molecule has 4 heterocycles. The third kappa shape index (κ3) is 3.17. The van der Waals surface area contributed by atoms with Crippen LogP contribution in [-0.4, -0.2) is 58.3 Å². The van der Waals surface area contributed by atoms with Crippen LogP contribution in [0.1, 0.15) is 17.5 Å². The molecule has 0 N–H and O–H groups in total. The molecule has 7 nitrogen and oxygen atoms in total. The van der Waals surface area contributed by atoms with Gasteiger partial charge in [0, 0.05) is 56.8 Å². The topological polar surface area (TPSA) is 77.3 Å². The van der Waals surface area contributed by atoms with Crippen molar-refractivity contribution in [1.82, 2.24) is 19.7 Å². The maximum atomic E-state index is 12.7. The average molecular weight is 376 g/mol. The van der Waals surface area contributed by atoms with Crippen LogP contribution >= 0.6 is 0 Å². The van der Waals surface area contributed by atoms with Crippen molar-refractivity contribution in [1.29, 1.82) is 0 Å².